The van der Waals surface area contributed by atoms with Crippen LogP contribution in [0.1, 0.15) is 27.7 Å². The van der Waals surface area contributed by atoms with Gasteiger partial charge in [0, 0.05) is 25.3 Å². The lowest BCUT2D eigenvalue weighted by Gasteiger charge is -2.14. The second-order valence-electron chi connectivity index (χ2n) is 6.90. The number of hydrogen-bond acceptors (Lipinski definition) is 6. The normalized spacial score (nSPS) is 11.1. The first-order valence-electron chi connectivity index (χ1n) is 9.49. The van der Waals surface area contributed by atoms with Gasteiger partial charge in [-0.3, -0.25) is 14.2 Å². The number of benzene rings is 2. The molecule has 158 valence electrons. The predicted octanol–water partition coefficient (Wildman–Crippen LogP) is 5.61. The number of carbonyl (C=O) groups excluding carboxylic acids is 1. The van der Waals surface area contributed by atoms with Crippen LogP contribution in [0.5, 0.6) is 5.75 Å². The molecule has 0 saturated carbocycles. The van der Waals surface area contributed by atoms with Crippen molar-refractivity contribution < 1.29 is 9.53 Å². The second kappa shape index (κ2) is 9.54. The Bertz CT molecular complexity index is 1320. The van der Waals surface area contributed by atoms with Crippen molar-refractivity contribution in [3.63, 3.8) is 0 Å². The van der Waals surface area contributed by atoms with Gasteiger partial charge in [0.1, 0.15) is 5.75 Å². The smallest absolute Gasteiger partial charge is 0.262 e. The number of thiophene rings is 1. The van der Waals surface area contributed by atoms with Crippen LogP contribution in [-0.4, -0.2) is 22.4 Å². The third-order valence-electron chi connectivity index (χ3n) is 4.82. The lowest BCUT2D eigenvalue weighted by Crippen LogP contribution is -2.23. The number of ketones is 1. The van der Waals surface area contributed by atoms with E-state index < -0.39 is 0 Å². The highest BCUT2D eigenvalue weighted by Crippen LogP contribution is 2.29. The highest BCUT2D eigenvalue weighted by Gasteiger charge is 2.15. The Morgan fingerprint density at radius 3 is 2.77 bits per heavy atom. The first kappa shape index (κ1) is 22.0. The van der Waals surface area contributed by atoms with E-state index in [1.54, 1.807) is 42.1 Å². The number of nitrogens with zero attached hydrogens (tertiary/aromatic N) is 2. The molecule has 0 aliphatic carbocycles. The summed E-state index contributed by atoms with van der Waals surface area (Å²) in [5.41, 5.74) is 2.15. The molecule has 4 aromatic rings. The van der Waals surface area contributed by atoms with E-state index in [1.165, 1.54) is 11.8 Å². The number of thioether (sulfide) groups is 1. The number of fused-ring (bicyclic) bond motifs is 1. The zero-order valence-electron chi connectivity index (χ0n) is 16.9. The standard InChI is InChI=1S/C23H19IN2O3S2/c1-14(27)15-5-8-21(29-2)16(10-15)13-31-23-25-20-7-6-17(24)11-19(20)22(28)26(23)12-18-4-3-9-30-18/h3-11H,12-13H2,1-2H3. The summed E-state index contributed by atoms with van der Waals surface area (Å²) in [5.74, 6) is 1.23. The van der Waals surface area contributed by atoms with Crippen LogP contribution in [0.25, 0.3) is 10.9 Å². The molecule has 0 radical (unpaired) electrons. The van der Waals surface area contributed by atoms with Crippen molar-refractivity contribution in [1.29, 1.82) is 0 Å². The van der Waals surface area contributed by atoms with Crippen LogP contribution in [0, 0.1) is 3.57 Å². The average Bonchev–Trinajstić information content (AvgIpc) is 3.28. The fraction of sp³-hybridized carbons (Fsp3) is 0.174. The van der Waals surface area contributed by atoms with Gasteiger partial charge in [-0.25, -0.2) is 4.98 Å². The Balaban J connectivity index is 1.76. The predicted molar refractivity (Wildman–Crippen MR) is 135 cm³/mol. The monoisotopic (exact) mass is 562 g/mol. The van der Waals surface area contributed by atoms with Crippen molar-refractivity contribution in [2.24, 2.45) is 0 Å². The molecule has 5 nitrogen and oxygen atoms in total. The molecular formula is C23H19IN2O3S2. The summed E-state index contributed by atoms with van der Waals surface area (Å²) in [6.07, 6.45) is 0. The number of Topliss-reactive ketones (excluding diaryl/α,β-unsaturated/α-hetero) is 1. The lowest BCUT2D eigenvalue weighted by molar-refractivity contribution is 0.101. The number of hydrogen-bond donors (Lipinski definition) is 0. The van der Waals surface area contributed by atoms with E-state index in [0.717, 1.165) is 14.0 Å². The number of methoxy groups -OCH3 is 1. The molecule has 0 fully saturated rings. The van der Waals surface area contributed by atoms with Crippen molar-refractivity contribution in [1.82, 2.24) is 9.55 Å². The fourth-order valence-corrected chi connectivity index (χ4v) is 5.39. The van der Waals surface area contributed by atoms with Crippen molar-refractivity contribution in [2.75, 3.05) is 7.11 Å². The van der Waals surface area contributed by atoms with Crippen molar-refractivity contribution in [3.05, 3.63) is 83.8 Å². The van der Waals surface area contributed by atoms with Gasteiger partial charge in [0.05, 0.1) is 24.6 Å². The first-order chi connectivity index (χ1) is 15.0. The number of carbonyl (C=O) groups is 1. The summed E-state index contributed by atoms with van der Waals surface area (Å²) in [7, 11) is 1.61. The van der Waals surface area contributed by atoms with E-state index in [0.29, 0.717) is 39.7 Å². The van der Waals surface area contributed by atoms with Gasteiger partial charge < -0.3 is 4.74 Å². The molecule has 0 aliphatic rings. The summed E-state index contributed by atoms with van der Waals surface area (Å²) in [6, 6.07) is 15.1. The molecule has 2 aromatic heterocycles. The van der Waals surface area contributed by atoms with Gasteiger partial charge in [0.2, 0.25) is 0 Å². The van der Waals surface area contributed by atoms with Crippen LogP contribution in [0.2, 0.25) is 0 Å². The van der Waals surface area contributed by atoms with Crippen LogP contribution < -0.4 is 10.3 Å². The summed E-state index contributed by atoms with van der Waals surface area (Å²) in [4.78, 5) is 31.1. The van der Waals surface area contributed by atoms with E-state index >= 15 is 0 Å². The topological polar surface area (TPSA) is 61.2 Å². The first-order valence-corrected chi connectivity index (χ1v) is 12.4. The zero-order valence-corrected chi connectivity index (χ0v) is 20.7. The summed E-state index contributed by atoms with van der Waals surface area (Å²) >= 11 is 5.29. The molecule has 0 N–H and O–H groups in total. The lowest BCUT2D eigenvalue weighted by atomic mass is 10.1. The van der Waals surface area contributed by atoms with Crippen molar-refractivity contribution >= 4 is 62.4 Å². The van der Waals surface area contributed by atoms with Crippen LogP contribution in [0.4, 0.5) is 0 Å². The molecule has 0 atom stereocenters. The minimum Gasteiger partial charge on any atom is -0.496 e. The third kappa shape index (κ3) is 4.86. The summed E-state index contributed by atoms with van der Waals surface area (Å²) < 4.78 is 8.21. The van der Waals surface area contributed by atoms with Crippen LogP contribution in [-0.2, 0) is 12.3 Å². The Hall–Kier alpha value is -2.17. The molecular weight excluding hydrogens is 543 g/mol. The Morgan fingerprint density at radius 1 is 1.23 bits per heavy atom. The quantitative estimate of drug-likeness (QED) is 0.127. The van der Waals surface area contributed by atoms with Gasteiger partial charge in [-0.1, -0.05) is 17.8 Å². The van der Waals surface area contributed by atoms with Gasteiger partial charge in [0.25, 0.3) is 5.56 Å². The summed E-state index contributed by atoms with van der Waals surface area (Å²) in [6.45, 7) is 2.02. The Morgan fingerprint density at radius 2 is 2.06 bits per heavy atom. The molecule has 2 aromatic carbocycles. The molecule has 0 spiro atoms. The number of ether oxygens (including phenoxy) is 1. The van der Waals surface area contributed by atoms with Gasteiger partial charge >= 0.3 is 0 Å². The maximum atomic E-state index is 13.3. The maximum absolute atomic E-state index is 13.3. The minimum atomic E-state index is -0.0520. The fourth-order valence-electron chi connectivity index (χ4n) is 3.23. The molecule has 4 rings (SSSR count). The number of aromatic nitrogens is 2. The van der Waals surface area contributed by atoms with E-state index in [2.05, 4.69) is 22.6 Å². The molecule has 0 unspecified atom stereocenters. The van der Waals surface area contributed by atoms with E-state index in [9.17, 15) is 9.59 Å². The SMILES string of the molecule is COc1ccc(C(C)=O)cc1CSc1nc2ccc(I)cc2c(=O)n1Cc1cccs1. The minimum absolute atomic E-state index is 0.00180. The highest BCUT2D eigenvalue weighted by atomic mass is 127. The molecule has 0 bridgehead atoms. The van der Waals surface area contributed by atoms with Crippen molar-refractivity contribution in [2.45, 2.75) is 24.4 Å². The molecule has 0 aliphatic heterocycles. The molecule has 0 amide bonds. The largest absolute Gasteiger partial charge is 0.496 e. The number of rotatable bonds is 7. The molecule has 31 heavy (non-hydrogen) atoms. The molecule has 2 heterocycles. The third-order valence-corrected chi connectivity index (χ3v) is 7.38. The van der Waals surface area contributed by atoms with Crippen LogP contribution in [0.3, 0.4) is 0 Å². The van der Waals surface area contributed by atoms with Crippen molar-refractivity contribution in [3.8, 4) is 5.75 Å². The second-order valence-corrected chi connectivity index (χ2v) is 10.1. The van der Waals surface area contributed by atoms with E-state index in [-0.39, 0.29) is 11.3 Å². The Labute approximate surface area is 201 Å². The highest BCUT2D eigenvalue weighted by molar-refractivity contribution is 14.1. The Kier molecular flexibility index (Phi) is 6.78. The van der Waals surface area contributed by atoms with Gasteiger partial charge in [0.15, 0.2) is 10.9 Å². The average molecular weight is 562 g/mol. The maximum Gasteiger partial charge on any atom is 0.262 e. The number of halogens is 1. The van der Waals surface area contributed by atoms with Crippen LogP contribution in [0.15, 0.2) is 63.9 Å². The van der Waals surface area contributed by atoms with Gasteiger partial charge in [-0.05, 0) is 77.4 Å². The zero-order chi connectivity index (χ0) is 22.0. The molecule has 8 heteroatoms. The van der Waals surface area contributed by atoms with E-state index in [4.69, 9.17) is 9.72 Å². The summed E-state index contributed by atoms with van der Waals surface area (Å²) in [5, 5.41) is 3.26. The van der Waals surface area contributed by atoms with Crippen LogP contribution >= 0.6 is 45.7 Å². The van der Waals surface area contributed by atoms with Gasteiger partial charge in [-0.15, -0.1) is 11.3 Å². The van der Waals surface area contributed by atoms with Gasteiger partial charge in [-0.2, -0.15) is 0 Å². The van der Waals surface area contributed by atoms with E-state index in [1.807, 2.05) is 41.8 Å². The molecule has 0 saturated heterocycles.